The van der Waals surface area contributed by atoms with E-state index < -0.39 is 0 Å². The number of rotatable bonds is 3. The first kappa shape index (κ1) is 14.7. The molecule has 5 rings (SSSR count). The van der Waals surface area contributed by atoms with E-state index >= 15 is 0 Å². The predicted octanol–water partition coefficient (Wildman–Crippen LogP) is 6.91. The first-order valence-electron chi connectivity index (χ1n) is 9.40. The highest BCUT2D eigenvalue weighted by molar-refractivity contribution is 6.13. The molecule has 0 fully saturated rings. The van der Waals surface area contributed by atoms with Crippen LogP contribution in [0.2, 0.25) is 0 Å². The van der Waals surface area contributed by atoms with Gasteiger partial charge in [0, 0.05) is 0 Å². The average Bonchev–Trinajstić information content (AvgIpc) is 3.04. The maximum absolute atomic E-state index is 2.44. The van der Waals surface area contributed by atoms with E-state index in [2.05, 4.69) is 73.7 Å². The summed E-state index contributed by atoms with van der Waals surface area (Å²) in [7, 11) is 0. The van der Waals surface area contributed by atoms with Gasteiger partial charge in [0.15, 0.2) is 0 Å². The molecule has 4 aromatic rings. The van der Waals surface area contributed by atoms with E-state index in [-0.39, 0.29) is 0 Å². The lowest BCUT2D eigenvalue weighted by molar-refractivity contribution is 0.794. The van der Waals surface area contributed by atoms with Crippen molar-refractivity contribution in [3.8, 4) is 11.1 Å². The Kier molecular flexibility index (Phi) is 3.38. The molecule has 4 aromatic carbocycles. The van der Waals surface area contributed by atoms with Crippen LogP contribution in [0.5, 0.6) is 0 Å². The van der Waals surface area contributed by atoms with Crippen molar-refractivity contribution in [2.24, 2.45) is 0 Å². The van der Waals surface area contributed by atoms with Gasteiger partial charge in [-0.2, -0.15) is 0 Å². The Bertz CT molecular complexity index is 1100. The van der Waals surface area contributed by atoms with Crippen molar-refractivity contribution in [2.75, 3.05) is 0 Å². The average molecular weight is 322 g/mol. The molecule has 0 aliphatic heterocycles. The molecule has 0 saturated carbocycles. The molecule has 0 heterocycles. The molecule has 0 amide bonds. The molecular weight excluding hydrogens is 300 g/mol. The maximum atomic E-state index is 2.44. The van der Waals surface area contributed by atoms with Gasteiger partial charge in [-0.25, -0.2) is 0 Å². The first-order chi connectivity index (χ1) is 12.3. The van der Waals surface area contributed by atoms with Crippen LogP contribution in [0.25, 0.3) is 32.7 Å². The third-order valence-electron chi connectivity index (χ3n) is 5.65. The minimum absolute atomic E-state index is 1.08. The van der Waals surface area contributed by atoms with E-state index in [1.807, 2.05) is 0 Å². The molecule has 0 unspecified atom stereocenters. The first-order valence-corrected chi connectivity index (χ1v) is 9.40. The molecule has 1 aliphatic rings. The van der Waals surface area contributed by atoms with Crippen LogP contribution in [0, 0.1) is 0 Å². The summed E-state index contributed by atoms with van der Waals surface area (Å²) >= 11 is 0. The third-order valence-corrected chi connectivity index (χ3v) is 5.65. The lowest BCUT2D eigenvalue weighted by Crippen LogP contribution is -1.88. The van der Waals surface area contributed by atoms with Crippen LogP contribution in [0.3, 0.4) is 0 Å². The Labute approximate surface area is 149 Å². The third kappa shape index (κ3) is 2.28. The van der Waals surface area contributed by atoms with Crippen molar-refractivity contribution in [1.29, 1.82) is 0 Å². The van der Waals surface area contributed by atoms with Gasteiger partial charge in [0.25, 0.3) is 0 Å². The van der Waals surface area contributed by atoms with Crippen molar-refractivity contribution >= 4 is 21.5 Å². The summed E-state index contributed by atoms with van der Waals surface area (Å²) in [4.78, 5) is 0. The number of aryl methyl sites for hydroxylation is 1. The number of unbranched alkanes of at least 4 members (excludes halogenated alkanes) is 1. The molecule has 122 valence electrons. The highest BCUT2D eigenvalue weighted by Gasteiger charge is 2.21. The summed E-state index contributed by atoms with van der Waals surface area (Å²) < 4.78 is 0. The van der Waals surface area contributed by atoms with E-state index in [1.54, 1.807) is 0 Å². The van der Waals surface area contributed by atoms with Gasteiger partial charge in [-0.3, -0.25) is 0 Å². The molecule has 0 saturated heterocycles. The molecule has 0 atom stereocenters. The summed E-state index contributed by atoms with van der Waals surface area (Å²) in [6, 6.07) is 25.1. The summed E-state index contributed by atoms with van der Waals surface area (Å²) in [5.74, 6) is 0. The van der Waals surface area contributed by atoms with Gasteiger partial charge in [0.1, 0.15) is 0 Å². The normalized spacial score (nSPS) is 12.5. The molecule has 0 heteroatoms. The molecule has 0 N–H and O–H groups in total. The Morgan fingerprint density at radius 1 is 0.760 bits per heavy atom. The van der Waals surface area contributed by atoms with Crippen LogP contribution in [-0.2, 0) is 12.8 Å². The van der Waals surface area contributed by atoms with Gasteiger partial charge in [-0.1, -0.05) is 80.1 Å². The molecule has 0 aromatic heterocycles. The molecule has 0 radical (unpaired) electrons. The fourth-order valence-corrected chi connectivity index (χ4v) is 4.38. The summed E-state index contributed by atoms with van der Waals surface area (Å²) in [5, 5.41) is 5.45. The fourth-order valence-electron chi connectivity index (χ4n) is 4.38. The van der Waals surface area contributed by atoms with Gasteiger partial charge >= 0.3 is 0 Å². The smallest absolute Gasteiger partial charge is 0.00131 e. The standard InChI is InChI=1S/C25H22/c1-2-3-6-17-9-12-22-20(15-17)16-19-11-13-23-21-8-5-4-7-18(21)10-14-24(23)25(19)22/h4-5,7-15H,2-3,6,16H2,1H3. The number of fused-ring (bicyclic) bond motifs is 7. The van der Waals surface area contributed by atoms with Crippen LogP contribution in [-0.4, -0.2) is 0 Å². The lowest BCUT2D eigenvalue weighted by atomic mass is 9.94. The van der Waals surface area contributed by atoms with Crippen LogP contribution in [0.1, 0.15) is 36.5 Å². The van der Waals surface area contributed by atoms with Crippen molar-refractivity contribution in [2.45, 2.75) is 32.6 Å². The second-order valence-electron chi connectivity index (χ2n) is 7.25. The molecule has 0 spiro atoms. The molecule has 25 heavy (non-hydrogen) atoms. The Balaban J connectivity index is 1.72. The highest BCUT2D eigenvalue weighted by Crippen LogP contribution is 2.43. The zero-order valence-electron chi connectivity index (χ0n) is 14.7. The van der Waals surface area contributed by atoms with E-state index in [1.165, 1.54) is 68.6 Å². The molecule has 0 bridgehead atoms. The van der Waals surface area contributed by atoms with Crippen LogP contribution in [0.4, 0.5) is 0 Å². The summed E-state index contributed by atoms with van der Waals surface area (Å²) in [6.45, 7) is 2.26. The van der Waals surface area contributed by atoms with Crippen molar-refractivity contribution < 1.29 is 0 Å². The highest BCUT2D eigenvalue weighted by atomic mass is 14.2. The molecule has 1 aliphatic carbocycles. The van der Waals surface area contributed by atoms with Gasteiger partial charge in [-0.15, -0.1) is 0 Å². The summed E-state index contributed by atoms with van der Waals surface area (Å²) in [5.41, 5.74) is 7.37. The van der Waals surface area contributed by atoms with Gasteiger partial charge in [-0.05, 0) is 68.6 Å². The lowest BCUT2D eigenvalue weighted by Gasteiger charge is -2.10. The maximum Gasteiger partial charge on any atom is -0.00131 e. The Hall–Kier alpha value is -2.60. The monoisotopic (exact) mass is 322 g/mol. The molecular formula is C25H22. The van der Waals surface area contributed by atoms with E-state index in [9.17, 15) is 0 Å². The largest absolute Gasteiger partial charge is 0.0654 e. The van der Waals surface area contributed by atoms with E-state index in [4.69, 9.17) is 0 Å². The number of benzene rings is 4. The Morgan fingerprint density at radius 2 is 1.64 bits per heavy atom. The minimum Gasteiger partial charge on any atom is -0.0654 e. The summed E-state index contributed by atoms with van der Waals surface area (Å²) in [6.07, 6.45) is 4.81. The second-order valence-corrected chi connectivity index (χ2v) is 7.25. The van der Waals surface area contributed by atoms with E-state index in [0.717, 1.165) is 6.42 Å². The predicted molar refractivity (Wildman–Crippen MR) is 108 cm³/mol. The zero-order valence-corrected chi connectivity index (χ0v) is 14.7. The van der Waals surface area contributed by atoms with Crippen molar-refractivity contribution in [3.63, 3.8) is 0 Å². The van der Waals surface area contributed by atoms with Gasteiger partial charge in [0.05, 0.1) is 0 Å². The molecule has 0 nitrogen and oxygen atoms in total. The quantitative estimate of drug-likeness (QED) is 0.317. The van der Waals surface area contributed by atoms with Crippen LogP contribution in [0.15, 0.2) is 66.7 Å². The van der Waals surface area contributed by atoms with E-state index in [0.29, 0.717) is 0 Å². The second kappa shape index (κ2) is 5.74. The fraction of sp³-hybridized carbons (Fsp3) is 0.200. The number of hydrogen-bond donors (Lipinski definition) is 0. The SMILES string of the molecule is CCCCc1ccc2c(c1)Cc1ccc3c(ccc4ccccc43)c1-2. The number of hydrogen-bond acceptors (Lipinski definition) is 0. The van der Waals surface area contributed by atoms with Gasteiger partial charge < -0.3 is 0 Å². The topological polar surface area (TPSA) is 0 Å². The Morgan fingerprint density at radius 3 is 2.56 bits per heavy atom. The van der Waals surface area contributed by atoms with Gasteiger partial charge in [0.2, 0.25) is 0 Å². The van der Waals surface area contributed by atoms with Crippen molar-refractivity contribution in [1.82, 2.24) is 0 Å². The van der Waals surface area contributed by atoms with Crippen LogP contribution < -0.4 is 0 Å². The van der Waals surface area contributed by atoms with Crippen LogP contribution >= 0.6 is 0 Å². The van der Waals surface area contributed by atoms with Crippen molar-refractivity contribution in [3.05, 3.63) is 83.4 Å². The minimum atomic E-state index is 1.08. The zero-order chi connectivity index (χ0) is 16.8.